The van der Waals surface area contributed by atoms with Gasteiger partial charge in [0.05, 0.1) is 23.3 Å². The van der Waals surface area contributed by atoms with Gasteiger partial charge >= 0.3 is 0 Å². The van der Waals surface area contributed by atoms with E-state index in [0.717, 1.165) is 16.9 Å². The number of benzene rings is 2. The van der Waals surface area contributed by atoms with Crippen LogP contribution in [0.4, 0.5) is 5.69 Å². The number of rotatable bonds is 4. The van der Waals surface area contributed by atoms with Gasteiger partial charge in [0.25, 0.3) is 5.91 Å². The van der Waals surface area contributed by atoms with E-state index in [2.05, 4.69) is 20.4 Å². The molecule has 2 aromatic heterocycles. The zero-order valence-electron chi connectivity index (χ0n) is 15.6. The van der Waals surface area contributed by atoms with Crippen molar-refractivity contribution in [1.29, 1.82) is 0 Å². The highest BCUT2D eigenvalue weighted by Gasteiger charge is 2.14. The van der Waals surface area contributed by atoms with Gasteiger partial charge in [0, 0.05) is 23.0 Å². The van der Waals surface area contributed by atoms with Crippen molar-refractivity contribution >= 4 is 11.6 Å². The molecule has 0 aliphatic carbocycles. The molecule has 0 atom stereocenters. The molecule has 6 heteroatoms. The highest BCUT2D eigenvalue weighted by atomic mass is 16.1. The van der Waals surface area contributed by atoms with Crippen LogP contribution in [0, 0.1) is 13.8 Å². The fourth-order valence-corrected chi connectivity index (χ4v) is 2.99. The molecule has 0 bridgehead atoms. The van der Waals surface area contributed by atoms with Crippen molar-refractivity contribution in [3.05, 3.63) is 90.1 Å². The summed E-state index contributed by atoms with van der Waals surface area (Å²) in [6.45, 7) is 3.80. The first-order valence-corrected chi connectivity index (χ1v) is 8.93. The van der Waals surface area contributed by atoms with Crippen molar-refractivity contribution in [3.63, 3.8) is 0 Å². The summed E-state index contributed by atoms with van der Waals surface area (Å²) < 4.78 is 1.79. The molecule has 2 aromatic carbocycles. The van der Waals surface area contributed by atoms with Crippen molar-refractivity contribution in [2.24, 2.45) is 0 Å². The van der Waals surface area contributed by atoms with Gasteiger partial charge in [-0.1, -0.05) is 36.4 Å². The number of aryl methyl sites for hydroxylation is 2. The molecule has 1 N–H and O–H groups in total. The van der Waals surface area contributed by atoms with Crippen molar-refractivity contribution in [2.45, 2.75) is 13.8 Å². The molecule has 0 fully saturated rings. The Bertz CT molecular complexity index is 1130. The first-order chi connectivity index (χ1) is 13.6. The standard InChI is InChI=1S/C22H19N5O/c1-15-11-12-24-27(15)19-10-6-9-18(13-19)22(28)26-20-14-23-16(2)25-21(20)17-7-4-3-5-8-17/h3-14H,1-2H3,(H,26,28). The van der Waals surface area contributed by atoms with Gasteiger partial charge in [-0.3, -0.25) is 4.79 Å². The van der Waals surface area contributed by atoms with Crippen LogP contribution in [-0.4, -0.2) is 25.7 Å². The zero-order valence-corrected chi connectivity index (χ0v) is 15.6. The molecule has 0 spiro atoms. The van der Waals surface area contributed by atoms with E-state index in [1.807, 2.05) is 68.4 Å². The number of carbonyl (C=O) groups excluding carboxylic acids is 1. The van der Waals surface area contributed by atoms with Gasteiger partial charge in [-0.25, -0.2) is 14.6 Å². The van der Waals surface area contributed by atoms with Gasteiger partial charge in [0.2, 0.25) is 0 Å². The number of hydrogen-bond donors (Lipinski definition) is 1. The summed E-state index contributed by atoms with van der Waals surface area (Å²) in [5.41, 5.74) is 4.55. The van der Waals surface area contributed by atoms with Crippen LogP contribution >= 0.6 is 0 Å². The Hall–Kier alpha value is -3.80. The second-order valence-electron chi connectivity index (χ2n) is 6.43. The van der Waals surface area contributed by atoms with Gasteiger partial charge in [-0.2, -0.15) is 5.10 Å². The van der Waals surface area contributed by atoms with Crippen LogP contribution in [0.1, 0.15) is 21.9 Å². The Morgan fingerprint density at radius 1 is 1.00 bits per heavy atom. The maximum absolute atomic E-state index is 12.9. The summed E-state index contributed by atoms with van der Waals surface area (Å²) in [6.07, 6.45) is 3.38. The van der Waals surface area contributed by atoms with E-state index in [1.165, 1.54) is 0 Å². The predicted octanol–water partition coefficient (Wildman–Crippen LogP) is 4.20. The Morgan fingerprint density at radius 3 is 2.57 bits per heavy atom. The molecule has 2 heterocycles. The summed E-state index contributed by atoms with van der Waals surface area (Å²) in [6, 6.07) is 19.0. The maximum Gasteiger partial charge on any atom is 0.255 e. The second kappa shape index (κ2) is 7.44. The first kappa shape index (κ1) is 17.6. The van der Waals surface area contributed by atoms with Crippen LogP contribution in [0.15, 0.2) is 73.1 Å². The Balaban J connectivity index is 1.66. The topological polar surface area (TPSA) is 72.7 Å². The maximum atomic E-state index is 12.9. The van der Waals surface area contributed by atoms with Crippen LogP contribution in [0.2, 0.25) is 0 Å². The number of nitrogens with one attached hydrogen (secondary N) is 1. The lowest BCUT2D eigenvalue weighted by Crippen LogP contribution is -2.14. The molecule has 0 aliphatic rings. The van der Waals surface area contributed by atoms with Crippen LogP contribution in [-0.2, 0) is 0 Å². The summed E-state index contributed by atoms with van der Waals surface area (Å²) in [5, 5.41) is 7.24. The normalized spacial score (nSPS) is 10.6. The highest BCUT2D eigenvalue weighted by molar-refractivity contribution is 6.06. The summed E-state index contributed by atoms with van der Waals surface area (Å²) >= 11 is 0. The molecule has 4 rings (SSSR count). The van der Waals surface area contributed by atoms with Crippen LogP contribution < -0.4 is 5.32 Å². The minimum absolute atomic E-state index is 0.226. The molecule has 0 saturated carbocycles. The van der Waals surface area contributed by atoms with Gasteiger partial charge in [0.1, 0.15) is 5.82 Å². The third kappa shape index (κ3) is 3.53. The molecule has 4 aromatic rings. The third-order valence-electron chi connectivity index (χ3n) is 4.39. The summed E-state index contributed by atoms with van der Waals surface area (Å²) in [7, 11) is 0. The first-order valence-electron chi connectivity index (χ1n) is 8.93. The second-order valence-corrected chi connectivity index (χ2v) is 6.43. The zero-order chi connectivity index (χ0) is 19.5. The predicted molar refractivity (Wildman–Crippen MR) is 108 cm³/mol. The smallest absolute Gasteiger partial charge is 0.255 e. The van der Waals surface area contributed by atoms with Gasteiger partial charge < -0.3 is 5.32 Å². The lowest BCUT2D eigenvalue weighted by molar-refractivity contribution is 0.102. The minimum atomic E-state index is -0.226. The monoisotopic (exact) mass is 369 g/mol. The van der Waals surface area contributed by atoms with Crippen LogP contribution in [0.5, 0.6) is 0 Å². The largest absolute Gasteiger partial charge is 0.319 e. The highest BCUT2D eigenvalue weighted by Crippen LogP contribution is 2.25. The van der Waals surface area contributed by atoms with E-state index >= 15 is 0 Å². The number of carbonyl (C=O) groups is 1. The molecule has 0 unspecified atom stereocenters. The van der Waals surface area contributed by atoms with E-state index < -0.39 is 0 Å². The number of nitrogens with zero attached hydrogens (tertiary/aromatic N) is 4. The quantitative estimate of drug-likeness (QED) is 0.585. The molecular weight excluding hydrogens is 350 g/mol. The minimum Gasteiger partial charge on any atom is -0.319 e. The molecule has 1 amide bonds. The summed E-state index contributed by atoms with van der Waals surface area (Å²) in [5.74, 6) is 0.421. The van der Waals surface area contributed by atoms with Crippen molar-refractivity contribution in [1.82, 2.24) is 19.7 Å². The van der Waals surface area contributed by atoms with E-state index in [0.29, 0.717) is 22.8 Å². The number of aromatic nitrogens is 4. The number of amides is 1. The molecule has 28 heavy (non-hydrogen) atoms. The number of hydrogen-bond acceptors (Lipinski definition) is 4. The Kier molecular flexibility index (Phi) is 4.68. The molecule has 138 valence electrons. The lowest BCUT2D eigenvalue weighted by atomic mass is 10.1. The van der Waals surface area contributed by atoms with Crippen LogP contribution in [0.3, 0.4) is 0 Å². The fourth-order valence-electron chi connectivity index (χ4n) is 2.99. The van der Waals surface area contributed by atoms with E-state index in [-0.39, 0.29) is 5.91 Å². The molecule has 0 radical (unpaired) electrons. The number of anilines is 1. The van der Waals surface area contributed by atoms with Crippen molar-refractivity contribution < 1.29 is 4.79 Å². The average molecular weight is 369 g/mol. The molecule has 6 nitrogen and oxygen atoms in total. The Labute approximate surface area is 162 Å². The van der Waals surface area contributed by atoms with E-state index in [9.17, 15) is 4.79 Å². The van der Waals surface area contributed by atoms with Crippen molar-refractivity contribution in [3.8, 4) is 16.9 Å². The SMILES string of the molecule is Cc1ncc(NC(=O)c2cccc(-n3nccc3C)c2)c(-c2ccccc2)n1. The van der Waals surface area contributed by atoms with Gasteiger partial charge in [-0.15, -0.1) is 0 Å². The van der Waals surface area contributed by atoms with Gasteiger partial charge in [0.15, 0.2) is 0 Å². The van der Waals surface area contributed by atoms with E-state index in [4.69, 9.17) is 0 Å². The van der Waals surface area contributed by atoms with Gasteiger partial charge in [-0.05, 0) is 38.1 Å². The average Bonchev–Trinajstić information content (AvgIpc) is 3.16. The molecular formula is C22H19N5O. The van der Waals surface area contributed by atoms with Crippen LogP contribution in [0.25, 0.3) is 16.9 Å². The summed E-state index contributed by atoms with van der Waals surface area (Å²) in [4.78, 5) is 21.7. The lowest BCUT2D eigenvalue weighted by Gasteiger charge is -2.12. The third-order valence-corrected chi connectivity index (χ3v) is 4.39. The Morgan fingerprint density at radius 2 is 1.82 bits per heavy atom. The fraction of sp³-hybridized carbons (Fsp3) is 0.0909. The molecule has 0 aliphatic heterocycles. The van der Waals surface area contributed by atoms with E-state index in [1.54, 1.807) is 23.1 Å². The molecule has 0 saturated heterocycles. The van der Waals surface area contributed by atoms with Crippen molar-refractivity contribution in [2.75, 3.05) is 5.32 Å².